The maximum Gasteiger partial charge on any atom is 0.430 e. The van der Waals surface area contributed by atoms with Gasteiger partial charge in [-0.15, -0.1) is 0 Å². The third-order valence-corrected chi connectivity index (χ3v) is 11.3. The largest absolute Gasteiger partial charge is 0.542 e. The predicted molar refractivity (Wildman–Crippen MR) is 195 cm³/mol. The van der Waals surface area contributed by atoms with E-state index in [1.165, 1.54) is 19.2 Å². The maximum atomic E-state index is 15.5. The molecule has 1 heterocycles. The van der Waals surface area contributed by atoms with Gasteiger partial charge in [-0.3, -0.25) is 9.36 Å². The Morgan fingerprint density at radius 2 is 1.59 bits per heavy atom. The van der Waals surface area contributed by atoms with Crippen LogP contribution in [-0.4, -0.2) is 97.9 Å². The van der Waals surface area contributed by atoms with Gasteiger partial charge in [0.1, 0.15) is 35.7 Å². The molecule has 3 aromatic carbocycles. The van der Waals surface area contributed by atoms with Gasteiger partial charge in [0.15, 0.2) is 5.16 Å². The summed E-state index contributed by atoms with van der Waals surface area (Å²) in [6.07, 6.45) is -3.23. The summed E-state index contributed by atoms with van der Waals surface area (Å²) >= 11 is 7.27. The molecule has 0 aliphatic heterocycles. The van der Waals surface area contributed by atoms with E-state index in [9.17, 15) is 35.9 Å². The van der Waals surface area contributed by atoms with Gasteiger partial charge in [0.25, 0.3) is 0 Å². The van der Waals surface area contributed by atoms with Crippen molar-refractivity contribution in [2.75, 3.05) is 47.9 Å². The number of imidazole rings is 1. The van der Waals surface area contributed by atoms with Crippen molar-refractivity contribution in [1.82, 2.24) is 13.9 Å². The molecule has 0 atom stereocenters. The fourth-order valence-corrected chi connectivity index (χ4v) is 7.88. The van der Waals surface area contributed by atoms with E-state index in [-0.39, 0.29) is 12.3 Å². The number of thioether (sulfide) groups is 1. The molecule has 11 nitrogen and oxygen atoms in total. The number of sulfonamides is 1. The number of quaternary nitrogens is 1. The van der Waals surface area contributed by atoms with Crippen molar-refractivity contribution in [2.45, 2.75) is 47.7 Å². The lowest BCUT2D eigenvalue weighted by Gasteiger charge is -2.28. The molecule has 0 amide bonds. The van der Waals surface area contributed by atoms with E-state index < -0.39 is 68.0 Å². The molecule has 0 bridgehead atoms. The van der Waals surface area contributed by atoms with Gasteiger partial charge in [0.05, 0.1) is 56.6 Å². The Morgan fingerprint density at radius 1 is 1.02 bits per heavy atom. The summed E-state index contributed by atoms with van der Waals surface area (Å²) in [4.78, 5) is 24.2. The number of methoxy groups -OCH3 is 1. The first kappa shape index (κ1) is 46.1. The third kappa shape index (κ3) is 11.9. The molecule has 0 aliphatic carbocycles. The molecule has 0 saturated carbocycles. The van der Waals surface area contributed by atoms with E-state index in [4.69, 9.17) is 26.2 Å². The van der Waals surface area contributed by atoms with Gasteiger partial charge >= 0.3 is 12.1 Å². The normalized spacial score (nSPS) is 12.3. The van der Waals surface area contributed by atoms with Crippen LogP contribution in [0.5, 0.6) is 5.75 Å². The smallest absolute Gasteiger partial charge is 0.430 e. The van der Waals surface area contributed by atoms with E-state index in [2.05, 4.69) is 4.98 Å². The second kappa shape index (κ2) is 18.3. The van der Waals surface area contributed by atoms with Gasteiger partial charge in [-0.1, -0.05) is 43.3 Å². The fraction of sp³-hybridized carbons (Fsp3) is 0.361. The Labute approximate surface area is 329 Å². The second-order valence-corrected chi connectivity index (χ2v) is 17.0. The number of rotatable bonds is 15. The van der Waals surface area contributed by atoms with Gasteiger partial charge in [-0.25, -0.2) is 26.6 Å². The average molecular weight is 853 g/mol. The van der Waals surface area contributed by atoms with Crippen LogP contribution in [0.4, 0.5) is 26.3 Å². The Bertz CT molecular complexity index is 2120. The van der Waals surface area contributed by atoms with Crippen molar-refractivity contribution in [3.63, 3.8) is 0 Å². The molecule has 56 heavy (non-hydrogen) atoms. The van der Waals surface area contributed by atoms with Crippen molar-refractivity contribution >= 4 is 45.3 Å². The van der Waals surface area contributed by atoms with Crippen molar-refractivity contribution in [3.05, 3.63) is 100 Å². The van der Waals surface area contributed by atoms with E-state index in [0.29, 0.717) is 61.2 Å². The van der Waals surface area contributed by atoms with Gasteiger partial charge in [-0.2, -0.15) is 17.5 Å². The predicted octanol–water partition coefficient (Wildman–Crippen LogP) is 6.04. The first-order chi connectivity index (χ1) is 25.8. The number of halogens is 7. The topological polar surface area (TPSA) is 142 Å². The summed E-state index contributed by atoms with van der Waals surface area (Å²) in [5, 5.41) is 18.9. The molecular formula is C36H39ClF6N4O7S2. The van der Waals surface area contributed by atoms with Crippen LogP contribution in [0.2, 0.25) is 5.02 Å². The van der Waals surface area contributed by atoms with E-state index >= 15 is 8.78 Å². The summed E-state index contributed by atoms with van der Waals surface area (Å²) in [6.45, 7) is 3.46. The molecule has 4 aromatic rings. The van der Waals surface area contributed by atoms with Crippen LogP contribution >= 0.6 is 23.4 Å². The van der Waals surface area contributed by atoms with Gasteiger partial charge < -0.3 is 24.2 Å². The van der Waals surface area contributed by atoms with Gasteiger partial charge in [0, 0.05) is 35.4 Å². The van der Waals surface area contributed by atoms with Crippen LogP contribution < -0.4 is 9.84 Å². The molecule has 20 heteroatoms. The highest BCUT2D eigenvalue weighted by Gasteiger charge is 2.32. The van der Waals surface area contributed by atoms with Crippen LogP contribution in [0.15, 0.2) is 70.8 Å². The summed E-state index contributed by atoms with van der Waals surface area (Å²) in [6, 6.07) is 12.5. The highest BCUT2D eigenvalue weighted by molar-refractivity contribution is 7.98. The number of aromatic nitrogens is 2. The zero-order valence-electron chi connectivity index (χ0n) is 31.0. The molecule has 1 N–H and O–H groups in total. The number of carbonyl (C=O) groups is 2. The number of carbonyl (C=O) groups excluding carboxylic acids is 1. The minimum Gasteiger partial charge on any atom is -0.542 e. The summed E-state index contributed by atoms with van der Waals surface area (Å²) in [5.74, 6) is -6.86. The number of carboxylic acid groups (broad SMARTS) is 2. The number of hydrogen-bond donors (Lipinski definition) is 1. The molecule has 0 fully saturated rings. The Morgan fingerprint density at radius 3 is 2.09 bits per heavy atom. The number of nitrogens with zero attached hydrogens (tertiary/aromatic N) is 4. The quantitative estimate of drug-likeness (QED) is 0.0861. The van der Waals surface area contributed by atoms with E-state index in [1.54, 1.807) is 35.0 Å². The van der Waals surface area contributed by atoms with Crippen molar-refractivity contribution in [3.8, 4) is 11.4 Å². The molecule has 4 rings (SSSR count). The molecule has 306 valence electrons. The third-order valence-electron chi connectivity index (χ3n) is 8.20. The number of carboxylic acids is 2. The number of hydrogen-bond acceptors (Lipinski definition) is 8. The van der Waals surface area contributed by atoms with Crippen LogP contribution in [0, 0.1) is 17.5 Å². The monoisotopic (exact) mass is 852 g/mol. The molecule has 0 unspecified atom stereocenters. The number of aliphatic carboxylic acids is 2. The SMILES string of the molecule is COc1cc(C(C)(C)c2cnc(SCc3c(F)cc(S(=O)(=O)N(CCC[N+](C)(C)C)CC(=O)O)cc3F)n2-c2ccc(F)cc2)ccc1Cl.O=C([O-])C(F)(F)F. The lowest BCUT2D eigenvalue weighted by atomic mass is 9.81. The highest BCUT2D eigenvalue weighted by atomic mass is 35.5. The Hall–Kier alpha value is -4.30. The van der Waals surface area contributed by atoms with Gasteiger partial charge in [-0.05, 0) is 54.1 Å². The highest BCUT2D eigenvalue weighted by Crippen LogP contribution is 2.39. The van der Waals surface area contributed by atoms with Crippen LogP contribution in [0.25, 0.3) is 5.69 Å². The Balaban J connectivity index is 0.00000109. The molecule has 0 aliphatic rings. The minimum atomic E-state index is -5.19. The van der Waals surface area contributed by atoms with Crippen molar-refractivity contribution < 1.29 is 63.8 Å². The number of alkyl halides is 3. The summed E-state index contributed by atoms with van der Waals surface area (Å²) in [5.41, 5.74) is 0.958. The first-order valence-corrected chi connectivity index (χ1v) is 19.2. The van der Waals surface area contributed by atoms with Crippen LogP contribution in [0.3, 0.4) is 0 Å². The second-order valence-electron chi connectivity index (χ2n) is 13.8. The van der Waals surface area contributed by atoms with Crippen molar-refractivity contribution in [1.29, 1.82) is 0 Å². The van der Waals surface area contributed by atoms with E-state index in [1.807, 2.05) is 41.1 Å². The Kier molecular flexibility index (Phi) is 15.1. The average Bonchev–Trinajstić information content (AvgIpc) is 3.51. The van der Waals surface area contributed by atoms with Crippen LogP contribution in [0.1, 0.15) is 37.1 Å². The zero-order valence-corrected chi connectivity index (χ0v) is 33.3. The molecule has 0 spiro atoms. The maximum absolute atomic E-state index is 15.5. The minimum absolute atomic E-state index is 0.140. The summed E-state index contributed by atoms with van der Waals surface area (Å²) in [7, 11) is 2.68. The number of ether oxygens (including phenoxy) is 1. The fourth-order valence-electron chi connectivity index (χ4n) is 5.22. The van der Waals surface area contributed by atoms with Crippen molar-refractivity contribution in [2.24, 2.45) is 0 Å². The molecular weight excluding hydrogens is 814 g/mol. The summed E-state index contributed by atoms with van der Waals surface area (Å²) < 4.78 is 112. The molecule has 1 aromatic heterocycles. The first-order valence-electron chi connectivity index (χ1n) is 16.4. The van der Waals surface area contributed by atoms with E-state index in [0.717, 1.165) is 17.3 Å². The standard InChI is InChI=1S/C34H38ClF3N4O5S2.C2HF3O2/c1-34(2,22-8-13-27(35)30(16-22)47-6)31-19-39-33(41(31)24-11-9-23(36)10-12-24)48-21-26-28(37)17-25(18-29(26)38)49(45,46)40(20-32(43)44)14-7-15-42(3,4)5;3-2(4,5)1(6)7/h8-13,16-19H,7,14-15,20-21H2,1-6H3;(H,6,7). The zero-order chi connectivity index (χ0) is 42.4. The molecule has 0 saturated heterocycles. The number of benzene rings is 3. The lowest BCUT2D eigenvalue weighted by Crippen LogP contribution is -2.40. The van der Waals surface area contributed by atoms with Crippen LogP contribution in [-0.2, 0) is 30.8 Å². The van der Waals surface area contributed by atoms with Gasteiger partial charge in [0.2, 0.25) is 10.0 Å². The lowest BCUT2D eigenvalue weighted by molar-refractivity contribution is -0.870. The molecule has 0 radical (unpaired) electrons.